The number of ether oxygens (including phenoxy) is 1. The van der Waals surface area contributed by atoms with E-state index in [0.717, 1.165) is 17.7 Å². The Morgan fingerprint density at radius 3 is 2.30 bits per heavy atom. The summed E-state index contributed by atoms with van der Waals surface area (Å²) in [6.45, 7) is 0.234. The van der Waals surface area contributed by atoms with Gasteiger partial charge in [0.25, 0.3) is 0 Å². The second-order valence-corrected chi connectivity index (χ2v) is 9.02. The molecule has 30 heavy (non-hydrogen) atoms. The Bertz CT molecular complexity index is 1040. The van der Waals surface area contributed by atoms with E-state index in [9.17, 15) is 31.5 Å². The minimum atomic E-state index is -5.64. The molecule has 0 radical (unpaired) electrons. The number of hydrogen-bond donors (Lipinski definition) is 1. The van der Waals surface area contributed by atoms with Crippen LogP contribution in [0.5, 0.6) is 0 Å². The zero-order chi connectivity index (χ0) is 21.8. The molecule has 1 fully saturated rings. The van der Waals surface area contributed by atoms with Gasteiger partial charge in [-0.05, 0) is 29.9 Å². The summed E-state index contributed by atoms with van der Waals surface area (Å²) in [4.78, 5) is 14.8. The highest BCUT2D eigenvalue weighted by atomic mass is 32.2. The second kappa shape index (κ2) is 6.69. The van der Waals surface area contributed by atoms with Crippen molar-refractivity contribution >= 4 is 15.9 Å². The van der Waals surface area contributed by atoms with Crippen molar-refractivity contribution in [1.82, 2.24) is 9.21 Å². The third-order valence-corrected chi connectivity index (χ3v) is 6.77. The lowest BCUT2D eigenvalue weighted by atomic mass is 9.73. The average molecular weight is 442 g/mol. The fourth-order valence-corrected chi connectivity index (χ4v) is 4.59. The summed E-state index contributed by atoms with van der Waals surface area (Å²) in [6.07, 6.45) is 5.06. The van der Waals surface area contributed by atoms with Gasteiger partial charge in [0.2, 0.25) is 5.91 Å². The van der Waals surface area contributed by atoms with Gasteiger partial charge in [-0.15, -0.1) is 0 Å². The Kier molecular flexibility index (Phi) is 4.60. The molecule has 1 N–H and O–H groups in total. The normalized spacial score (nSPS) is 27.7. The lowest BCUT2D eigenvalue weighted by Crippen LogP contribution is -2.48. The molecule has 0 saturated carbocycles. The molecule has 7 nitrogen and oxygen atoms in total. The van der Waals surface area contributed by atoms with Gasteiger partial charge in [0.1, 0.15) is 11.0 Å². The maximum absolute atomic E-state index is 13.3. The average Bonchev–Trinajstić information content (AvgIpc) is 3.17. The Morgan fingerprint density at radius 1 is 1.13 bits per heavy atom. The number of likely N-dealkylation sites (tertiary alicyclic amines) is 1. The number of hydrogen-bond acceptors (Lipinski definition) is 5. The van der Waals surface area contributed by atoms with Crippen LogP contribution in [-0.4, -0.2) is 52.6 Å². The van der Waals surface area contributed by atoms with Crippen molar-refractivity contribution in [2.75, 3.05) is 6.54 Å². The SMILES string of the molecule is O=C1N(Cc2ccccc2)C[C@]2(C=C[C@@H](O)O2)C12C=CN(S(=O)(=O)C(F)(F)F)C=C2. The summed E-state index contributed by atoms with van der Waals surface area (Å²) in [7, 11) is -5.64. The molecule has 1 saturated heterocycles. The van der Waals surface area contributed by atoms with Crippen LogP contribution in [0.1, 0.15) is 5.56 Å². The highest BCUT2D eigenvalue weighted by molar-refractivity contribution is 7.90. The highest BCUT2D eigenvalue weighted by Crippen LogP contribution is 2.51. The topological polar surface area (TPSA) is 87.2 Å². The fourth-order valence-electron chi connectivity index (χ4n) is 3.91. The van der Waals surface area contributed by atoms with E-state index in [1.165, 1.54) is 17.1 Å². The maximum Gasteiger partial charge on any atom is 0.517 e. The molecule has 1 aromatic carbocycles. The monoisotopic (exact) mass is 442 g/mol. The van der Waals surface area contributed by atoms with Gasteiger partial charge in [-0.2, -0.15) is 21.6 Å². The van der Waals surface area contributed by atoms with Crippen molar-refractivity contribution in [2.24, 2.45) is 5.41 Å². The number of sulfonamides is 1. The summed E-state index contributed by atoms with van der Waals surface area (Å²) in [5.74, 6) is -0.485. The standard InChI is InChI=1S/C19H17F3N2O5S/c20-19(21,22)30(27,28)24-10-8-17(9-11-24)16(26)23(12-14-4-2-1-3-5-14)13-18(17)7-6-15(25)29-18/h1-11,15,25H,12-13H2/t15-,18+/m0/s1. The van der Waals surface area contributed by atoms with Crippen LogP contribution in [0.2, 0.25) is 0 Å². The van der Waals surface area contributed by atoms with Crippen LogP contribution >= 0.6 is 0 Å². The lowest BCUT2D eigenvalue weighted by Gasteiger charge is -2.37. The van der Waals surface area contributed by atoms with E-state index in [1.807, 2.05) is 18.2 Å². The number of carbonyl (C=O) groups is 1. The summed E-state index contributed by atoms with van der Waals surface area (Å²) in [6, 6.07) is 9.05. The van der Waals surface area contributed by atoms with Crippen LogP contribution in [0.25, 0.3) is 0 Å². The molecule has 3 heterocycles. The summed E-state index contributed by atoms with van der Waals surface area (Å²) < 4.78 is 67.6. The van der Waals surface area contributed by atoms with Crippen molar-refractivity contribution in [2.45, 2.75) is 23.9 Å². The van der Waals surface area contributed by atoms with E-state index in [0.29, 0.717) is 12.4 Å². The van der Waals surface area contributed by atoms with Gasteiger partial charge in [-0.25, -0.2) is 4.31 Å². The van der Waals surface area contributed by atoms with Crippen molar-refractivity contribution in [3.63, 3.8) is 0 Å². The highest BCUT2D eigenvalue weighted by Gasteiger charge is 2.64. The van der Waals surface area contributed by atoms with Crippen LogP contribution in [0, 0.1) is 5.41 Å². The minimum Gasteiger partial charge on any atom is -0.365 e. The molecule has 0 bridgehead atoms. The minimum absolute atomic E-state index is 0.00812. The number of halogens is 3. The van der Waals surface area contributed by atoms with E-state index < -0.39 is 38.7 Å². The summed E-state index contributed by atoms with van der Waals surface area (Å²) in [5, 5.41) is 9.88. The smallest absolute Gasteiger partial charge is 0.365 e. The van der Waals surface area contributed by atoms with Gasteiger partial charge in [0.05, 0.1) is 6.54 Å². The molecule has 3 aliphatic heterocycles. The Morgan fingerprint density at radius 2 is 1.77 bits per heavy atom. The van der Waals surface area contributed by atoms with Crippen LogP contribution in [0.3, 0.4) is 0 Å². The lowest BCUT2D eigenvalue weighted by molar-refractivity contribution is -0.148. The number of aliphatic hydroxyl groups is 1. The van der Waals surface area contributed by atoms with Gasteiger partial charge in [-0.3, -0.25) is 4.79 Å². The zero-order valence-electron chi connectivity index (χ0n) is 15.4. The summed E-state index contributed by atoms with van der Waals surface area (Å²) >= 11 is 0. The van der Waals surface area contributed by atoms with E-state index in [4.69, 9.17) is 4.74 Å². The molecule has 0 aromatic heterocycles. The van der Waals surface area contributed by atoms with Gasteiger partial charge >= 0.3 is 15.5 Å². The maximum atomic E-state index is 13.3. The fraction of sp³-hybridized carbons (Fsp3) is 0.316. The molecule has 1 aromatic rings. The third kappa shape index (κ3) is 2.96. The first-order valence-corrected chi connectivity index (χ1v) is 10.3. The largest absolute Gasteiger partial charge is 0.517 e. The molecule has 2 spiro atoms. The van der Waals surface area contributed by atoms with E-state index in [-0.39, 0.29) is 17.4 Å². The Balaban J connectivity index is 1.71. The van der Waals surface area contributed by atoms with E-state index in [1.54, 1.807) is 12.1 Å². The number of amides is 1. The van der Waals surface area contributed by atoms with Gasteiger partial charge in [0, 0.05) is 18.9 Å². The van der Waals surface area contributed by atoms with Crippen molar-refractivity contribution in [3.8, 4) is 0 Å². The van der Waals surface area contributed by atoms with Crippen molar-refractivity contribution < 1.29 is 36.2 Å². The third-order valence-electron chi connectivity index (χ3n) is 5.38. The summed E-state index contributed by atoms with van der Waals surface area (Å²) in [5.41, 5.74) is -7.67. The number of alkyl halides is 3. The molecule has 4 rings (SSSR count). The molecule has 2 atom stereocenters. The van der Waals surface area contributed by atoms with Gasteiger partial charge in [0.15, 0.2) is 6.29 Å². The number of carbonyl (C=O) groups excluding carboxylic acids is 1. The first-order chi connectivity index (χ1) is 14.0. The predicted octanol–water partition coefficient (Wildman–Crippen LogP) is 1.85. The first-order valence-electron chi connectivity index (χ1n) is 8.88. The van der Waals surface area contributed by atoms with Crippen LogP contribution in [0.15, 0.2) is 67.0 Å². The number of rotatable bonds is 3. The molecule has 0 unspecified atom stereocenters. The molecular weight excluding hydrogens is 425 g/mol. The number of fused-ring (bicyclic) bond motifs is 1. The van der Waals surface area contributed by atoms with Gasteiger partial charge < -0.3 is 14.7 Å². The Labute approximate surface area is 170 Å². The van der Waals surface area contributed by atoms with Crippen molar-refractivity contribution in [3.05, 3.63) is 72.6 Å². The molecule has 1 amide bonds. The van der Waals surface area contributed by atoms with E-state index in [2.05, 4.69) is 0 Å². The molecule has 160 valence electrons. The van der Waals surface area contributed by atoms with Crippen LogP contribution in [0.4, 0.5) is 13.2 Å². The van der Waals surface area contributed by atoms with Crippen LogP contribution < -0.4 is 0 Å². The predicted molar refractivity (Wildman–Crippen MR) is 98.3 cm³/mol. The van der Waals surface area contributed by atoms with Crippen molar-refractivity contribution in [1.29, 1.82) is 0 Å². The van der Waals surface area contributed by atoms with Gasteiger partial charge in [-0.1, -0.05) is 30.3 Å². The molecular formula is C19H17F3N2O5S. The molecule has 0 aliphatic carbocycles. The number of aliphatic hydroxyl groups excluding tert-OH is 1. The Hall–Kier alpha value is -2.63. The van der Waals surface area contributed by atoms with Crippen LogP contribution in [-0.2, 0) is 26.1 Å². The zero-order valence-corrected chi connectivity index (χ0v) is 16.2. The molecule has 3 aliphatic rings. The second-order valence-electron chi connectivity index (χ2n) is 7.19. The number of nitrogens with zero attached hydrogens (tertiary/aromatic N) is 2. The number of benzene rings is 1. The quantitative estimate of drug-likeness (QED) is 0.722. The molecule has 11 heteroatoms. The van der Waals surface area contributed by atoms with E-state index >= 15 is 0 Å². The first kappa shape index (κ1) is 20.6.